The minimum absolute atomic E-state index is 0.894. The minimum atomic E-state index is 0.894. The number of likely N-dealkylation sites (N-methyl/N-ethyl adjacent to an activating group) is 1. The van der Waals surface area contributed by atoms with Crippen LogP contribution in [0, 0.1) is 13.8 Å². The van der Waals surface area contributed by atoms with E-state index in [9.17, 15) is 0 Å². The monoisotopic (exact) mass is 309 g/mol. The molecular weight excluding hydrogens is 280 g/mol. The van der Waals surface area contributed by atoms with Crippen LogP contribution in [0.2, 0.25) is 0 Å². The second-order valence-electron chi connectivity index (χ2n) is 6.27. The van der Waals surface area contributed by atoms with Crippen molar-refractivity contribution in [3.63, 3.8) is 0 Å². The van der Waals surface area contributed by atoms with Gasteiger partial charge >= 0.3 is 0 Å². The molecule has 0 aromatic heterocycles. The number of hydrogen-bond acceptors (Lipinski definition) is 1. The van der Waals surface area contributed by atoms with Crippen molar-refractivity contribution in [1.82, 2.24) is 4.48 Å². The fourth-order valence-corrected chi connectivity index (χ4v) is 3.24. The molecule has 2 rings (SSSR count). The van der Waals surface area contributed by atoms with Crippen molar-refractivity contribution in [1.29, 1.82) is 0 Å². The molecule has 0 bridgehead atoms. The third-order valence-corrected chi connectivity index (χ3v) is 4.79. The van der Waals surface area contributed by atoms with Crippen molar-refractivity contribution in [2.24, 2.45) is 0 Å². The van der Waals surface area contributed by atoms with Crippen molar-refractivity contribution < 1.29 is 0 Å². The Bertz CT molecular complexity index is 635. The first-order valence-corrected chi connectivity index (χ1v) is 8.45. The first-order chi connectivity index (χ1) is 11.0. The van der Waals surface area contributed by atoms with E-state index in [1.807, 2.05) is 0 Å². The van der Waals surface area contributed by atoms with Crippen LogP contribution in [0.1, 0.15) is 25.0 Å². The molecule has 0 atom stereocenters. The van der Waals surface area contributed by atoms with E-state index in [0.717, 1.165) is 29.8 Å². The molecule has 2 heteroatoms. The van der Waals surface area contributed by atoms with Crippen LogP contribution in [0.15, 0.2) is 60.8 Å². The van der Waals surface area contributed by atoms with E-state index in [4.69, 9.17) is 0 Å². The Morgan fingerprint density at radius 3 is 2.00 bits per heavy atom. The SMILES string of the molecule is C=C(C[N+](CC)(CC)c1ccccc1)Nc1c(C)cccc1C. The van der Waals surface area contributed by atoms with Crippen molar-refractivity contribution in [3.05, 3.63) is 71.9 Å². The fourth-order valence-electron chi connectivity index (χ4n) is 3.24. The number of hydrogen-bond donors (Lipinski definition) is 1. The lowest BCUT2D eigenvalue weighted by Crippen LogP contribution is -2.50. The summed E-state index contributed by atoms with van der Waals surface area (Å²) in [6.45, 7) is 16.1. The van der Waals surface area contributed by atoms with Gasteiger partial charge in [0.05, 0.1) is 18.8 Å². The molecule has 2 nitrogen and oxygen atoms in total. The average molecular weight is 309 g/mol. The number of rotatable bonds is 7. The van der Waals surface area contributed by atoms with Crippen LogP contribution in [-0.2, 0) is 0 Å². The molecule has 0 saturated carbocycles. The molecule has 23 heavy (non-hydrogen) atoms. The van der Waals surface area contributed by atoms with Gasteiger partial charge in [0.25, 0.3) is 0 Å². The van der Waals surface area contributed by atoms with Crippen LogP contribution < -0.4 is 9.80 Å². The summed E-state index contributed by atoms with van der Waals surface area (Å²) in [5, 5.41) is 3.56. The van der Waals surface area contributed by atoms with E-state index < -0.39 is 0 Å². The van der Waals surface area contributed by atoms with Gasteiger partial charge in [-0.05, 0) is 51.0 Å². The molecule has 2 aromatic carbocycles. The molecule has 0 aliphatic heterocycles. The Kier molecular flexibility index (Phi) is 5.62. The van der Waals surface area contributed by atoms with E-state index in [1.165, 1.54) is 22.5 Å². The molecule has 0 amide bonds. The summed E-state index contributed by atoms with van der Waals surface area (Å²) in [7, 11) is 0. The Morgan fingerprint density at radius 2 is 1.48 bits per heavy atom. The van der Waals surface area contributed by atoms with Gasteiger partial charge in [-0.25, -0.2) is 0 Å². The van der Waals surface area contributed by atoms with E-state index in [-0.39, 0.29) is 0 Å². The highest BCUT2D eigenvalue weighted by Gasteiger charge is 2.27. The second kappa shape index (κ2) is 7.47. The lowest BCUT2D eigenvalue weighted by atomic mass is 10.1. The zero-order valence-corrected chi connectivity index (χ0v) is 14.9. The topological polar surface area (TPSA) is 12.0 Å². The fraction of sp³-hybridized carbons (Fsp3) is 0.333. The number of aryl methyl sites for hydroxylation is 2. The predicted octanol–water partition coefficient (Wildman–Crippen LogP) is 5.28. The van der Waals surface area contributed by atoms with Crippen molar-refractivity contribution in [2.75, 3.05) is 25.0 Å². The van der Waals surface area contributed by atoms with E-state index in [2.05, 4.69) is 88.1 Å². The molecule has 0 aliphatic rings. The van der Waals surface area contributed by atoms with Crippen LogP contribution in [0.5, 0.6) is 0 Å². The molecule has 0 radical (unpaired) electrons. The van der Waals surface area contributed by atoms with Gasteiger partial charge in [0.15, 0.2) is 0 Å². The van der Waals surface area contributed by atoms with Gasteiger partial charge in [-0.15, -0.1) is 0 Å². The van der Waals surface area contributed by atoms with Crippen LogP contribution >= 0.6 is 0 Å². The van der Waals surface area contributed by atoms with Gasteiger partial charge in [-0.2, -0.15) is 0 Å². The Hall–Kier alpha value is -2.06. The molecule has 1 N–H and O–H groups in total. The summed E-state index contributed by atoms with van der Waals surface area (Å²) in [4.78, 5) is 0. The maximum absolute atomic E-state index is 4.31. The van der Waals surface area contributed by atoms with Crippen molar-refractivity contribution in [2.45, 2.75) is 27.7 Å². The van der Waals surface area contributed by atoms with Gasteiger partial charge in [0.1, 0.15) is 12.2 Å². The van der Waals surface area contributed by atoms with Gasteiger partial charge in [0, 0.05) is 5.69 Å². The van der Waals surface area contributed by atoms with Gasteiger partial charge < -0.3 is 5.32 Å². The second-order valence-corrected chi connectivity index (χ2v) is 6.27. The number of nitrogens with one attached hydrogen (secondary N) is 1. The van der Waals surface area contributed by atoms with Crippen LogP contribution in [0.25, 0.3) is 0 Å². The molecule has 0 saturated heterocycles. The largest absolute Gasteiger partial charge is 0.354 e. The summed E-state index contributed by atoms with van der Waals surface area (Å²) >= 11 is 0. The number of nitrogens with zero attached hydrogens (tertiary/aromatic N) is 1. The zero-order valence-electron chi connectivity index (χ0n) is 14.9. The van der Waals surface area contributed by atoms with E-state index in [1.54, 1.807) is 0 Å². The number of para-hydroxylation sites is 2. The summed E-state index contributed by atoms with van der Waals surface area (Å²) in [6, 6.07) is 17.1. The first kappa shape index (κ1) is 17.3. The number of anilines is 1. The summed E-state index contributed by atoms with van der Waals surface area (Å²) in [5.41, 5.74) is 6.13. The summed E-state index contributed by atoms with van der Waals surface area (Å²) < 4.78 is 0.914. The Morgan fingerprint density at radius 1 is 0.913 bits per heavy atom. The maximum Gasteiger partial charge on any atom is 0.133 e. The highest BCUT2D eigenvalue weighted by atomic mass is 15.4. The molecular formula is C21H29N2+. The maximum atomic E-state index is 4.31. The average Bonchev–Trinajstić information content (AvgIpc) is 2.57. The minimum Gasteiger partial charge on any atom is -0.354 e. The van der Waals surface area contributed by atoms with Gasteiger partial charge in [0.2, 0.25) is 0 Å². The molecule has 122 valence electrons. The summed E-state index contributed by atoms with van der Waals surface area (Å²) in [5.74, 6) is 0. The Labute approximate surface area is 141 Å². The third-order valence-electron chi connectivity index (χ3n) is 4.79. The van der Waals surface area contributed by atoms with E-state index >= 15 is 0 Å². The molecule has 0 aliphatic carbocycles. The van der Waals surface area contributed by atoms with Crippen LogP contribution in [0.4, 0.5) is 11.4 Å². The van der Waals surface area contributed by atoms with Crippen molar-refractivity contribution >= 4 is 11.4 Å². The highest BCUT2D eigenvalue weighted by Crippen LogP contribution is 2.26. The zero-order chi connectivity index (χ0) is 16.9. The van der Waals surface area contributed by atoms with Gasteiger partial charge in [-0.3, -0.25) is 4.48 Å². The number of benzene rings is 2. The smallest absolute Gasteiger partial charge is 0.133 e. The first-order valence-electron chi connectivity index (χ1n) is 8.45. The highest BCUT2D eigenvalue weighted by molar-refractivity contribution is 5.60. The third kappa shape index (κ3) is 3.83. The van der Waals surface area contributed by atoms with Crippen LogP contribution in [0.3, 0.4) is 0 Å². The Balaban J connectivity index is 2.22. The standard InChI is InChI=1S/C21H29N2/c1-6-23(7-2,20-14-9-8-10-15-20)16-19(5)22-21-17(3)12-11-13-18(21)4/h8-15,22H,5-7,16H2,1-4H3/q+1. The molecule has 0 fully saturated rings. The quantitative estimate of drug-likeness (QED) is 0.686. The molecule has 2 aromatic rings. The molecule has 0 unspecified atom stereocenters. The number of quaternary nitrogens is 1. The lowest BCUT2D eigenvalue weighted by molar-refractivity contribution is 0.325. The van der Waals surface area contributed by atoms with E-state index in [0.29, 0.717) is 0 Å². The normalized spacial score (nSPS) is 11.3. The van der Waals surface area contributed by atoms with Crippen molar-refractivity contribution in [3.8, 4) is 0 Å². The summed E-state index contributed by atoms with van der Waals surface area (Å²) in [6.07, 6.45) is 0. The molecule has 0 heterocycles. The lowest BCUT2D eigenvalue weighted by Gasteiger charge is -2.37. The molecule has 0 spiro atoms. The van der Waals surface area contributed by atoms with Crippen LogP contribution in [-0.4, -0.2) is 19.6 Å². The van der Waals surface area contributed by atoms with Gasteiger partial charge in [-0.1, -0.05) is 43.0 Å². The predicted molar refractivity (Wildman–Crippen MR) is 103 cm³/mol.